The molecule has 0 saturated carbocycles. The summed E-state index contributed by atoms with van der Waals surface area (Å²) in [4.78, 5) is 0. The van der Waals surface area contributed by atoms with Crippen molar-refractivity contribution in [1.82, 2.24) is 0 Å². The zero-order valence-electron chi connectivity index (χ0n) is 14.8. The maximum Gasteiger partial charge on any atom is 0.384 e. The molecule has 0 aliphatic heterocycles. The van der Waals surface area contributed by atoms with Crippen LogP contribution in [0.1, 0.15) is 38.5 Å². The Hall–Kier alpha value is -1.28. The molecule has 0 saturated heterocycles. The second kappa shape index (κ2) is 9.47. The fourth-order valence-corrected chi connectivity index (χ4v) is 2.17. The summed E-state index contributed by atoms with van der Waals surface area (Å²) in [5.41, 5.74) is 0. The number of hydrogen-bond donors (Lipinski definition) is 1. The van der Waals surface area contributed by atoms with E-state index in [1.807, 2.05) is 0 Å². The first kappa shape index (κ1) is 28.7. The van der Waals surface area contributed by atoms with Gasteiger partial charge >= 0.3 is 35.5 Å². The quantitative estimate of drug-likeness (QED) is 0.225. The number of aliphatic hydroxyl groups is 1. The van der Waals surface area contributed by atoms with Gasteiger partial charge in [0, 0.05) is 19.4 Å². The largest absolute Gasteiger partial charge is 0.396 e. The zero-order chi connectivity index (χ0) is 24.2. The molecule has 0 radical (unpaired) electrons. The van der Waals surface area contributed by atoms with Gasteiger partial charge in [0.2, 0.25) is 0 Å². The predicted molar refractivity (Wildman–Crippen MR) is 74.8 cm³/mol. The monoisotopic (exact) mass is 478 g/mol. The average Bonchev–Trinajstić information content (AvgIpc) is 2.58. The van der Waals surface area contributed by atoms with Crippen molar-refractivity contribution in [2.75, 3.05) is 6.61 Å². The molecule has 0 amide bonds. The molecule has 0 spiro atoms. The highest BCUT2D eigenvalue weighted by molar-refractivity contribution is 5.11. The van der Waals surface area contributed by atoms with Crippen LogP contribution >= 0.6 is 0 Å². The fraction of sp³-hybridized carbons (Fsp3) is 0.867. The van der Waals surface area contributed by atoms with Crippen LogP contribution in [0.15, 0.2) is 12.2 Å². The van der Waals surface area contributed by atoms with E-state index in [0.717, 1.165) is 0 Å². The van der Waals surface area contributed by atoms with E-state index < -0.39 is 86.7 Å². The van der Waals surface area contributed by atoms with Crippen LogP contribution in [0.2, 0.25) is 0 Å². The highest BCUT2D eigenvalue weighted by Gasteiger charge is 2.89. The number of alkyl halides is 12. The smallest absolute Gasteiger partial charge is 0.384 e. The van der Waals surface area contributed by atoms with Gasteiger partial charge in [-0.15, -0.1) is 0 Å². The highest BCUT2D eigenvalue weighted by atomic mass is 19.4. The van der Waals surface area contributed by atoms with Gasteiger partial charge in [0.15, 0.2) is 0 Å². The van der Waals surface area contributed by atoms with Crippen LogP contribution in [0.25, 0.3) is 0 Å². The van der Waals surface area contributed by atoms with Gasteiger partial charge in [0.05, 0.1) is 0 Å². The number of rotatable bonds is 13. The summed E-state index contributed by atoms with van der Waals surface area (Å²) < 4.78 is 185. The molecule has 0 aromatic rings. The van der Waals surface area contributed by atoms with E-state index in [0.29, 0.717) is 0 Å². The second-order valence-electron chi connectivity index (χ2n) is 6.27. The molecule has 0 rings (SSSR count). The predicted octanol–water partition coefficient (Wildman–Crippen LogP) is 6.91. The van der Waals surface area contributed by atoms with Crippen LogP contribution < -0.4 is 0 Å². The summed E-state index contributed by atoms with van der Waals surface area (Å²) >= 11 is 0. The van der Waals surface area contributed by atoms with Crippen molar-refractivity contribution in [2.24, 2.45) is 0 Å². The molecule has 0 unspecified atom stereocenters. The Morgan fingerprint density at radius 1 is 0.567 bits per heavy atom. The van der Waals surface area contributed by atoms with Crippen LogP contribution in [0, 0.1) is 0 Å². The third kappa shape index (κ3) is 5.31. The van der Waals surface area contributed by atoms with E-state index >= 15 is 0 Å². The molecule has 0 fully saturated rings. The van der Waals surface area contributed by atoms with Gasteiger partial charge in [-0.1, -0.05) is 0 Å². The van der Waals surface area contributed by atoms with Gasteiger partial charge in [0.25, 0.3) is 6.08 Å². The van der Waals surface area contributed by atoms with Crippen LogP contribution in [0.4, 0.5) is 61.5 Å². The Bertz CT molecular complexity index is 580. The van der Waals surface area contributed by atoms with E-state index in [1.165, 1.54) is 0 Å². The minimum atomic E-state index is -7.64. The van der Waals surface area contributed by atoms with Gasteiger partial charge in [0.1, 0.15) is 0 Å². The van der Waals surface area contributed by atoms with Crippen molar-refractivity contribution in [1.29, 1.82) is 0 Å². The minimum Gasteiger partial charge on any atom is -0.396 e. The van der Waals surface area contributed by atoms with Crippen LogP contribution in [0.3, 0.4) is 0 Å². The first-order valence-electron chi connectivity index (χ1n) is 8.12. The minimum absolute atomic E-state index is 0.161. The standard InChI is InChI=1S/C15H16F14O/c16-9(17)5-2-1-3-6-10(18,19)12(22,23)14(26,27)15(28,29)13(24,25)11(20,21)7-4-8-30/h5,30H,1-4,6-8H2. The molecular weight excluding hydrogens is 462 g/mol. The number of allylic oxidation sites excluding steroid dienone is 1. The summed E-state index contributed by atoms with van der Waals surface area (Å²) in [6.45, 7) is -1.27. The molecule has 0 heterocycles. The molecule has 0 aromatic heterocycles. The molecule has 0 atom stereocenters. The fourth-order valence-electron chi connectivity index (χ4n) is 2.17. The van der Waals surface area contributed by atoms with E-state index in [4.69, 9.17) is 5.11 Å². The van der Waals surface area contributed by atoms with Gasteiger partial charge in [-0.05, 0) is 31.8 Å². The third-order valence-corrected chi connectivity index (χ3v) is 3.99. The number of hydrogen-bond acceptors (Lipinski definition) is 1. The Kier molecular flexibility index (Phi) is 9.06. The Balaban J connectivity index is 5.78. The number of aliphatic hydroxyl groups excluding tert-OH is 1. The SMILES string of the molecule is OCCCC(F)(F)C(F)(F)C(F)(F)C(F)(F)C(F)(F)C(F)(F)CCCCC=C(F)F. The van der Waals surface area contributed by atoms with Gasteiger partial charge in [-0.3, -0.25) is 0 Å². The first-order valence-corrected chi connectivity index (χ1v) is 8.12. The van der Waals surface area contributed by atoms with E-state index in [2.05, 4.69) is 0 Å². The van der Waals surface area contributed by atoms with Crippen molar-refractivity contribution >= 4 is 0 Å². The number of halogens is 14. The normalized spacial score (nSPS) is 14.8. The van der Waals surface area contributed by atoms with E-state index in [-0.39, 0.29) is 6.08 Å². The molecule has 30 heavy (non-hydrogen) atoms. The molecule has 1 N–H and O–H groups in total. The van der Waals surface area contributed by atoms with Crippen molar-refractivity contribution in [3.05, 3.63) is 12.2 Å². The Morgan fingerprint density at radius 2 is 0.933 bits per heavy atom. The topological polar surface area (TPSA) is 20.2 Å². The molecule has 15 heteroatoms. The van der Waals surface area contributed by atoms with E-state index in [9.17, 15) is 61.5 Å². The average molecular weight is 478 g/mol. The second-order valence-corrected chi connectivity index (χ2v) is 6.27. The van der Waals surface area contributed by atoms with Crippen LogP contribution in [0.5, 0.6) is 0 Å². The lowest BCUT2D eigenvalue weighted by atomic mass is 9.88. The molecule has 0 aromatic carbocycles. The third-order valence-electron chi connectivity index (χ3n) is 3.99. The lowest BCUT2D eigenvalue weighted by molar-refractivity contribution is -0.425. The lowest BCUT2D eigenvalue weighted by Gasteiger charge is -2.41. The molecule has 180 valence electrons. The van der Waals surface area contributed by atoms with Gasteiger partial charge in [-0.2, -0.15) is 61.5 Å². The van der Waals surface area contributed by atoms with Crippen molar-refractivity contribution < 1.29 is 66.6 Å². The molecule has 0 aliphatic rings. The lowest BCUT2D eigenvalue weighted by Crippen LogP contribution is -2.70. The van der Waals surface area contributed by atoms with Crippen LogP contribution in [-0.4, -0.2) is 47.2 Å². The maximum atomic E-state index is 13.6. The Morgan fingerprint density at radius 3 is 1.27 bits per heavy atom. The summed E-state index contributed by atoms with van der Waals surface area (Å²) in [6, 6.07) is 0. The maximum absolute atomic E-state index is 13.6. The van der Waals surface area contributed by atoms with Crippen molar-refractivity contribution in [2.45, 2.75) is 74.1 Å². The van der Waals surface area contributed by atoms with Crippen molar-refractivity contribution in [3.63, 3.8) is 0 Å². The van der Waals surface area contributed by atoms with Gasteiger partial charge in [-0.25, -0.2) is 0 Å². The highest BCUT2D eigenvalue weighted by Crippen LogP contribution is 2.61. The zero-order valence-corrected chi connectivity index (χ0v) is 14.8. The summed E-state index contributed by atoms with van der Waals surface area (Å²) in [5.74, 6) is -41.8. The molecule has 1 nitrogen and oxygen atoms in total. The van der Waals surface area contributed by atoms with Gasteiger partial charge < -0.3 is 5.11 Å². The molecular formula is C15H16F14O. The summed E-state index contributed by atoms with van der Waals surface area (Å²) in [5, 5.41) is 8.27. The van der Waals surface area contributed by atoms with Crippen molar-refractivity contribution in [3.8, 4) is 0 Å². The summed E-state index contributed by atoms with van der Waals surface area (Å²) in [6.07, 6.45) is -10.6. The number of unbranched alkanes of at least 4 members (excludes halogenated alkanes) is 2. The van der Waals surface area contributed by atoms with E-state index in [1.54, 1.807) is 0 Å². The first-order chi connectivity index (χ1) is 13.2. The molecule has 0 aliphatic carbocycles. The van der Waals surface area contributed by atoms with Crippen LogP contribution in [-0.2, 0) is 0 Å². The molecule has 0 bridgehead atoms. The Labute approximate surface area is 160 Å². The summed E-state index contributed by atoms with van der Waals surface area (Å²) in [7, 11) is 0.